The molecule has 0 saturated heterocycles. The predicted molar refractivity (Wildman–Crippen MR) is 142 cm³/mol. The van der Waals surface area contributed by atoms with E-state index in [-0.39, 0.29) is 5.56 Å². The van der Waals surface area contributed by atoms with E-state index >= 15 is 0 Å². The molecule has 0 spiro atoms. The van der Waals surface area contributed by atoms with Gasteiger partial charge in [-0.15, -0.1) is 0 Å². The molecule has 0 atom stereocenters. The summed E-state index contributed by atoms with van der Waals surface area (Å²) in [6.45, 7) is 0.367. The van der Waals surface area contributed by atoms with Crippen LogP contribution in [-0.2, 0) is 12.3 Å². The van der Waals surface area contributed by atoms with Crippen LogP contribution in [0, 0.1) is 0 Å². The van der Waals surface area contributed by atoms with Gasteiger partial charge in [0, 0.05) is 27.5 Å². The van der Waals surface area contributed by atoms with Gasteiger partial charge in [-0.05, 0) is 29.3 Å². The SMILES string of the molecule is COc1ccccc1Cn1c(SCc2cccc(Br)c2)nc2c(-c3ccccc3)c[nH]c2c1=O. The van der Waals surface area contributed by atoms with Crippen LogP contribution in [0.4, 0.5) is 0 Å². The van der Waals surface area contributed by atoms with Gasteiger partial charge >= 0.3 is 0 Å². The summed E-state index contributed by atoms with van der Waals surface area (Å²) in [6, 6.07) is 25.9. The maximum atomic E-state index is 13.7. The van der Waals surface area contributed by atoms with E-state index in [2.05, 4.69) is 33.0 Å². The quantitative estimate of drug-likeness (QED) is 0.192. The number of thioether (sulfide) groups is 1. The zero-order valence-electron chi connectivity index (χ0n) is 18.5. The van der Waals surface area contributed by atoms with Gasteiger partial charge < -0.3 is 9.72 Å². The highest BCUT2D eigenvalue weighted by molar-refractivity contribution is 9.10. The number of nitrogens with one attached hydrogen (secondary N) is 1. The molecule has 0 aliphatic rings. The molecule has 0 amide bonds. The average molecular weight is 532 g/mol. The van der Waals surface area contributed by atoms with Crippen molar-refractivity contribution in [3.05, 3.63) is 111 Å². The van der Waals surface area contributed by atoms with Gasteiger partial charge in [-0.1, -0.05) is 88.4 Å². The van der Waals surface area contributed by atoms with Gasteiger partial charge in [0.25, 0.3) is 5.56 Å². The topological polar surface area (TPSA) is 59.9 Å². The van der Waals surface area contributed by atoms with E-state index in [1.165, 1.54) is 0 Å². The molecule has 0 bridgehead atoms. The Balaban J connectivity index is 1.63. The summed E-state index contributed by atoms with van der Waals surface area (Å²) in [4.78, 5) is 21.9. The van der Waals surface area contributed by atoms with Gasteiger partial charge in [-0.3, -0.25) is 9.36 Å². The van der Waals surface area contributed by atoms with Crippen molar-refractivity contribution in [2.24, 2.45) is 0 Å². The summed E-state index contributed by atoms with van der Waals surface area (Å²) in [7, 11) is 1.64. The van der Waals surface area contributed by atoms with Crippen molar-refractivity contribution in [3.8, 4) is 16.9 Å². The van der Waals surface area contributed by atoms with E-state index in [0.29, 0.717) is 28.5 Å². The first kappa shape index (κ1) is 22.5. The molecule has 2 aromatic heterocycles. The van der Waals surface area contributed by atoms with E-state index in [0.717, 1.165) is 32.5 Å². The van der Waals surface area contributed by atoms with Crippen LogP contribution < -0.4 is 10.3 Å². The number of halogens is 1. The van der Waals surface area contributed by atoms with Crippen LogP contribution in [0.2, 0.25) is 0 Å². The zero-order valence-corrected chi connectivity index (χ0v) is 20.9. The maximum Gasteiger partial charge on any atom is 0.278 e. The number of nitrogens with zero attached hydrogens (tertiary/aromatic N) is 2. The molecule has 5 nitrogen and oxygen atoms in total. The standard InChI is InChI=1S/C27H22BrN3O2S/c1-33-23-13-6-5-11-20(23)16-31-26(32)25-24(22(15-29-25)19-9-3-2-4-10-19)30-27(31)34-17-18-8-7-12-21(28)14-18/h2-15,29H,16-17H2,1H3. The molecule has 170 valence electrons. The van der Waals surface area contributed by atoms with Crippen LogP contribution >= 0.6 is 27.7 Å². The van der Waals surface area contributed by atoms with Crippen molar-refractivity contribution in [1.82, 2.24) is 14.5 Å². The number of rotatable bonds is 7. The monoisotopic (exact) mass is 531 g/mol. The van der Waals surface area contributed by atoms with Crippen molar-refractivity contribution in [3.63, 3.8) is 0 Å². The Morgan fingerprint density at radius 3 is 2.62 bits per heavy atom. The third-order valence-electron chi connectivity index (χ3n) is 5.61. The third-order valence-corrected chi connectivity index (χ3v) is 7.15. The van der Waals surface area contributed by atoms with E-state index in [1.54, 1.807) is 23.4 Å². The van der Waals surface area contributed by atoms with Crippen LogP contribution in [0.15, 0.2) is 99.5 Å². The number of para-hydroxylation sites is 1. The molecule has 5 aromatic rings. The number of H-pyrrole nitrogens is 1. The van der Waals surface area contributed by atoms with Gasteiger partial charge in [0.05, 0.1) is 13.7 Å². The first-order valence-corrected chi connectivity index (χ1v) is 12.6. The highest BCUT2D eigenvalue weighted by atomic mass is 79.9. The predicted octanol–water partition coefficient (Wildman–Crippen LogP) is 6.50. The molecule has 0 fully saturated rings. The first-order valence-electron chi connectivity index (χ1n) is 10.8. The van der Waals surface area contributed by atoms with E-state index < -0.39 is 0 Å². The molecule has 34 heavy (non-hydrogen) atoms. The number of ether oxygens (including phenoxy) is 1. The lowest BCUT2D eigenvalue weighted by atomic mass is 10.1. The average Bonchev–Trinajstić information content (AvgIpc) is 3.30. The minimum Gasteiger partial charge on any atom is -0.496 e. The van der Waals surface area contributed by atoms with Crippen molar-refractivity contribution >= 4 is 38.7 Å². The Morgan fingerprint density at radius 1 is 1.03 bits per heavy atom. The summed E-state index contributed by atoms with van der Waals surface area (Å²) in [6.07, 6.45) is 1.87. The Labute approximate surface area is 210 Å². The fourth-order valence-corrected chi connectivity index (χ4v) is 5.32. The summed E-state index contributed by atoms with van der Waals surface area (Å²) in [5.41, 5.74) is 5.09. The number of aromatic nitrogens is 3. The lowest BCUT2D eigenvalue weighted by molar-refractivity contribution is 0.407. The van der Waals surface area contributed by atoms with Gasteiger partial charge in [-0.2, -0.15) is 0 Å². The smallest absolute Gasteiger partial charge is 0.278 e. The zero-order chi connectivity index (χ0) is 23.5. The fourth-order valence-electron chi connectivity index (χ4n) is 3.94. The van der Waals surface area contributed by atoms with Gasteiger partial charge in [0.2, 0.25) is 0 Å². The minimum absolute atomic E-state index is 0.102. The molecule has 3 aromatic carbocycles. The van der Waals surface area contributed by atoms with Crippen molar-refractivity contribution < 1.29 is 4.74 Å². The second-order valence-corrected chi connectivity index (χ2v) is 9.67. The highest BCUT2D eigenvalue weighted by Gasteiger charge is 2.18. The van der Waals surface area contributed by atoms with E-state index in [4.69, 9.17) is 9.72 Å². The van der Waals surface area contributed by atoms with Gasteiger partial charge in [0.15, 0.2) is 5.16 Å². The molecule has 0 saturated carbocycles. The lowest BCUT2D eigenvalue weighted by Gasteiger charge is -2.14. The molecule has 0 aliphatic heterocycles. The van der Waals surface area contributed by atoms with Gasteiger partial charge in [-0.25, -0.2) is 4.98 Å². The molecular weight excluding hydrogens is 510 g/mol. The largest absolute Gasteiger partial charge is 0.496 e. The molecule has 0 radical (unpaired) electrons. The van der Waals surface area contributed by atoms with Crippen molar-refractivity contribution in [1.29, 1.82) is 0 Å². The lowest BCUT2D eigenvalue weighted by Crippen LogP contribution is -2.24. The second kappa shape index (κ2) is 9.91. The van der Waals surface area contributed by atoms with E-state index in [1.807, 2.05) is 72.9 Å². The molecule has 1 N–H and O–H groups in total. The highest BCUT2D eigenvalue weighted by Crippen LogP contribution is 2.30. The summed E-state index contributed by atoms with van der Waals surface area (Å²) >= 11 is 5.09. The minimum atomic E-state index is -0.102. The van der Waals surface area contributed by atoms with Crippen LogP contribution in [0.5, 0.6) is 5.75 Å². The summed E-state index contributed by atoms with van der Waals surface area (Å²) in [5, 5.41) is 0.667. The summed E-state index contributed by atoms with van der Waals surface area (Å²) in [5.74, 6) is 1.43. The van der Waals surface area contributed by atoms with Crippen LogP contribution in [0.25, 0.3) is 22.2 Å². The molecule has 2 heterocycles. The van der Waals surface area contributed by atoms with Crippen LogP contribution in [0.1, 0.15) is 11.1 Å². The maximum absolute atomic E-state index is 13.7. The van der Waals surface area contributed by atoms with Gasteiger partial charge in [0.1, 0.15) is 16.8 Å². The Kier molecular flexibility index (Phi) is 6.56. The molecule has 5 rings (SSSR count). The number of aromatic amines is 1. The molecule has 7 heteroatoms. The van der Waals surface area contributed by atoms with Crippen molar-refractivity contribution in [2.45, 2.75) is 17.5 Å². The Hall–Kier alpha value is -3.29. The normalized spacial score (nSPS) is 11.1. The third kappa shape index (κ3) is 4.54. The Morgan fingerprint density at radius 2 is 1.82 bits per heavy atom. The fraction of sp³-hybridized carbons (Fsp3) is 0.111. The number of benzene rings is 3. The number of fused-ring (bicyclic) bond motifs is 1. The molecule has 0 aliphatic carbocycles. The summed E-state index contributed by atoms with van der Waals surface area (Å²) < 4.78 is 8.29. The number of hydrogen-bond donors (Lipinski definition) is 1. The number of methoxy groups -OCH3 is 1. The second-order valence-electron chi connectivity index (χ2n) is 7.81. The molecular formula is C27H22BrN3O2S. The first-order chi connectivity index (χ1) is 16.6. The van der Waals surface area contributed by atoms with Crippen LogP contribution in [0.3, 0.4) is 0 Å². The van der Waals surface area contributed by atoms with Crippen LogP contribution in [-0.4, -0.2) is 21.6 Å². The Bertz CT molecular complexity index is 1510. The molecule has 0 unspecified atom stereocenters. The van der Waals surface area contributed by atoms with Crippen molar-refractivity contribution in [2.75, 3.05) is 7.11 Å². The van der Waals surface area contributed by atoms with E-state index in [9.17, 15) is 4.79 Å². The number of hydrogen-bond acceptors (Lipinski definition) is 4.